The van der Waals surface area contributed by atoms with Gasteiger partial charge in [0.1, 0.15) is 11.9 Å². The lowest BCUT2D eigenvalue weighted by atomic mass is 10.2. The maximum atomic E-state index is 12.1. The second kappa shape index (κ2) is 6.53. The van der Waals surface area contributed by atoms with Crippen molar-refractivity contribution in [2.24, 2.45) is 0 Å². The minimum Gasteiger partial charge on any atom is -0.483 e. The van der Waals surface area contributed by atoms with Crippen LogP contribution >= 0.6 is 11.6 Å². The smallest absolute Gasteiger partial charge is 0.422 e. The van der Waals surface area contributed by atoms with Crippen LogP contribution in [-0.4, -0.2) is 31.4 Å². The van der Waals surface area contributed by atoms with Crippen molar-refractivity contribution in [2.75, 3.05) is 18.5 Å². The van der Waals surface area contributed by atoms with E-state index in [9.17, 15) is 18.0 Å². The summed E-state index contributed by atoms with van der Waals surface area (Å²) in [6, 6.07) is 4.03. The number of carbonyl (C=O) groups is 1. The molecule has 1 N–H and O–H groups in total. The third kappa shape index (κ3) is 4.78. The van der Waals surface area contributed by atoms with Gasteiger partial charge in [-0.2, -0.15) is 13.2 Å². The molecule has 0 saturated carbocycles. The maximum absolute atomic E-state index is 12.1. The lowest BCUT2D eigenvalue weighted by Gasteiger charge is -2.13. The minimum atomic E-state index is -4.43. The van der Waals surface area contributed by atoms with Gasteiger partial charge >= 0.3 is 6.18 Å². The van der Waals surface area contributed by atoms with Gasteiger partial charge in [0.25, 0.3) is 5.91 Å². The van der Waals surface area contributed by atoms with Crippen LogP contribution in [0.25, 0.3) is 0 Å². The molecule has 0 spiro atoms. The molecule has 1 unspecified atom stereocenters. The fraction of sp³-hybridized carbons (Fsp3) is 0.462. The topological polar surface area (TPSA) is 47.6 Å². The summed E-state index contributed by atoms with van der Waals surface area (Å²) in [7, 11) is 0. The Bertz CT molecular complexity index is 516. The van der Waals surface area contributed by atoms with E-state index in [1.807, 2.05) is 0 Å². The van der Waals surface area contributed by atoms with Crippen LogP contribution < -0.4 is 10.1 Å². The standard InChI is InChI=1S/C13H13ClF3NO3/c14-9-6-8(18-12(19)11-2-1-5-20-11)3-4-10(9)21-7-13(15,16)17/h3-4,6,11H,1-2,5,7H2,(H,18,19). The van der Waals surface area contributed by atoms with E-state index in [0.29, 0.717) is 18.7 Å². The first-order valence-corrected chi connectivity index (χ1v) is 6.64. The molecule has 21 heavy (non-hydrogen) atoms. The highest BCUT2D eigenvalue weighted by atomic mass is 35.5. The van der Waals surface area contributed by atoms with Crippen LogP contribution in [0.5, 0.6) is 5.75 Å². The first-order chi connectivity index (χ1) is 9.85. The van der Waals surface area contributed by atoms with E-state index in [2.05, 4.69) is 10.1 Å². The number of halogens is 4. The highest BCUT2D eigenvalue weighted by Gasteiger charge is 2.29. The van der Waals surface area contributed by atoms with Crippen LogP contribution in [0.4, 0.5) is 18.9 Å². The van der Waals surface area contributed by atoms with Gasteiger partial charge in [0.05, 0.1) is 5.02 Å². The Morgan fingerprint density at radius 3 is 2.81 bits per heavy atom. The second-order valence-corrected chi connectivity index (χ2v) is 4.95. The molecule has 1 aromatic carbocycles. The fourth-order valence-corrected chi connectivity index (χ4v) is 2.10. The van der Waals surface area contributed by atoms with Crippen LogP contribution in [0.3, 0.4) is 0 Å². The molecule has 1 heterocycles. The molecule has 1 atom stereocenters. The first-order valence-electron chi connectivity index (χ1n) is 6.27. The molecule has 0 aliphatic carbocycles. The molecular weight excluding hydrogens is 311 g/mol. The summed E-state index contributed by atoms with van der Waals surface area (Å²) in [6.07, 6.45) is -3.46. The Labute approximate surface area is 124 Å². The monoisotopic (exact) mass is 323 g/mol. The summed E-state index contributed by atoms with van der Waals surface area (Å²) < 4.78 is 46.0. The zero-order chi connectivity index (χ0) is 15.5. The van der Waals surface area contributed by atoms with Gasteiger partial charge in [-0.05, 0) is 31.0 Å². The molecule has 1 amide bonds. The van der Waals surface area contributed by atoms with E-state index in [4.69, 9.17) is 16.3 Å². The Morgan fingerprint density at radius 1 is 1.48 bits per heavy atom. The van der Waals surface area contributed by atoms with Crippen LogP contribution in [0, 0.1) is 0 Å². The number of carbonyl (C=O) groups excluding carboxylic acids is 1. The Balaban J connectivity index is 1.96. The molecule has 8 heteroatoms. The molecule has 0 bridgehead atoms. The van der Waals surface area contributed by atoms with Crippen LogP contribution in [0.1, 0.15) is 12.8 Å². The number of hydrogen-bond acceptors (Lipinski definition) is 3. The number of amides is 1. The molecule has 1 aliphatic rings. The fourth-order valence-electron chi connectivity index (χ4n) is 1.86. The predicted molar refractivity (Wildman–Crippen MR) is 70.6 cm³/mol. The summed E-state index contributed by atoms with van der Waals surface area (Å²) in [6.45, 7) is -0.878. The molecule has 1 aliphatic heterocycles. The maximum Gasteiger partial charge on any atom is 0.422 e. The van der Waals surface area contributed by atoms with E-state index >= 15 is 0 Å². The van der Waals surface area contributed by atoms with Gasteiger partial charge in [-0.25, -0.2) is 0 Å². The predicted octanol–water partition coefficient (Wildman–Crippen LogP) is 3.40. The molecule has 0 aromatic heterocycles. The average Bonchev–Trinajstić information content (AvgIpc) is 2.90. The molecule has 1 saturated heterocycles. The highest BCUT2D eigenvalue weighted by Crippen LogP contribution is 2.29. The van der Waals surface area contributed by atoms with Crippen molar-refractivity contribution in [3.05, 3.63) is 23.2 Å². The number of ether oxygens (including phenoxy) is 2. The normalized spacial score (nSPS) is 18.6. The number of anilines is 1. The lowest BCUT2D eigenvalue weighted by molar-refractivity contribution is -0.153. The van der Waals surface area contributed by atoms with Gasteiger partial charge in [-0.1, -0.05) is 11.6 Å². The van der Waals surface area contributed by atoms with E-state index in [1.165, 1.54) is 18.2 Å². The van der Waals surface area contributed by atoms with Crippen molar-refractivity contribution in [3.63, 3.8) is 0 Å². The van der Waals surface area contributed by atoms with Crippen molar-refractivity contribution >= 4 is 23.2 Å². The molecule has 2 rings (SSSR count). The molecule has 1 fully saturated rings. The number of alkyl halides is 3. The van der Waals surface area contributed by atoms with Crippen molar-refractivity contribution in [1.82, 2.24) is 0 Å². The van der Waals surface area contributed by atoms with E-state index in [0.717, 1.165) is 6.42 Å². The third-order valence-electron chi connectivity index (χ3n) is 2.81. The number of nitrogens with one attached hydrogen (secondary N) is 1. The summed E-state index contributed by atoms with van der Waals surface area (Å²) in [5.74, 6) is -0.392. The molecule has 1 aromatic rings. The van der Waals surface area contributed by atoms with Crippen LogP contribution in [-0.2, 0) is 9.53 Å². The number of rotatable bonds is 4. The Kier molecular flexibility index (Phi) is 4.95. The third-order valence-corrected chi connectivity index (χ3v) is 3.11. The SMILES string of the molecule is O=C(Nc1ccc(OCC(F)(F)F)c(Cl)c1)C1CCCO1. The van der Waals surface area contributed by atoms with E-state index in [-0.39, 0.29) is 16.7 Å². The zero-order valence-corrected chi connectivity index (χ0v) is 11.6. The molecule has 116 valence electrons. The van der Waals surface area contributed by atoms with E-state index < -0.39 is 18.9 Å². The van der Waals surface area contributed by atoms with Crippen molar-refractivity contribution in [1.29, 1.82) is 0 Å². The summed E-state index contributed by atoms with van der Waals surface area (Å²) in [5, 5.41) is 2.59. The first kappa shape index (κ1) is 15.9. The quantitative estimate of drug-likeness (QED) is 0.924. The Hall–Kier alpha value is -1.47. The number of hydrogen-bond donors (Lipinski definition) is 1. The molecule has 0 radical (unpaired) electrons. The van der Waals surface area contributed by atoms with Gasteiger partial charge in [0, 0.05) is 12.3 Å². The van der Waals surface area contributed by atoms with Gasteiger partial charge < -0.3 is 14.8 Å². The van der Waals surface area contributed by atoms with Crippen LogP contribution in [0.15, 0.2) is 18.2 Å². The zero-order valence-electron chi connectivity index (χ0n) is 10.9. The van der Waals surface area contributed by atoms with Gasteiger partial charge in [-0.3, -0.25) is 4.79 Å². The lowest BCUT2D eigenvalue weighted by Crippen LogP contribution is -2.26. The minimum absolute atomic E-state index is 0.00982. The largest absolute Gasteiger partial charge is 0.483 e. The Morgan fingerprint density at radius 2 is 2.24 bits per heavy atom. The second-order valence-electron chi connectivity index (χ2n) is 4.54. The highest BCUT2D eigenvalue weighted by molar-refractivity contribution is 6.32. The van der Waals surface area contributed by atoms with Gasteiger partial charge in [-0.15, -0.1) is 0 Å². The van der Waals surface area contributed by atoms with Crippen molar-refractivity contribution in [3.8, 4) is 5.75 Å². The average molecular weight is 324 g/mol. The van der Waals surface area contributed by atoms with Gasteiger partial charge in [0.15, 0.2) is 6.61 Å². The molecule has 4 nitrogen and oxygen atoms in total. The van der Waals surface area contributed by atoms with Crippen LogP contribution in [0.2, 0.25) is 5.02 Å². The van der Waals surface area contributed by atoms with Crippen molar-refractivity contribution in [2.45, 2.75) is 25.1 Å². The summed E-state index contributed by atoms with van der Waals surface area (Å²) in [4.78, 5) is 11.8. The van der Waals surface area contributed by atoms with E-state index in [1.54, 1.807) is 0 Å². The molecular formula is C13H13ClF3NO3. The van der Waals surface area contributed by atoms with Gasteiger partial charge in [0.2, 0.25) is 0 Å². The summed E-state index contributed by atoms with van der Waals surface area (Å²) >= 11 is 5.83. The van der Waals surface area contributed by atoms with Crippen molar-refractivity contribution < 1.29 is 27.4 Å². The summed E-state index contributed by atoms with van der Waals surface area (Å²) in [5.41, 5.74) is 0.375. The number of benzene rings is 1.